The average Bonchev–Trinajstić information content (AvgIpc) is 1.53. The lowest BCUT2D eigenvalue weighted by atomic mass is 9.91. The molecule has 0 saturated carbocycles. The first-order valence-electron chi connectivity index (χ1n) is 3.39. The van der Waals surface area contributed by atoms with Gasteiger partial charge < -0.3 is 23.0 Å². The summed E-state index contributed by atoms with van der Waals surface area (Å²) in [5.74, 6) is 0. The molecule has 0 heterocycles. The minimum absolute atomic E-state index is 0.0568. The fraction of sp³-hybridized carbons (Fsp3) is 1.00. The molecular formula is C5H12BF3NO-. The molecule has 0 aliphatic rings. The third-order valence-corrected chi connectivity index (χ3v) is 1.09. The van der Waals surface area contributed by atoms with Crippen molar-refractivity contribution < 1.29 is 18.1 Å². The zero-order valence-electron chi connectivity index (χ0n) is 6.60. The monoisotopic (exact) mass is 170 g/mol. The molecule has 0 aliphatic carbocycles. The summed E-state index contributed by atoms with van der Waals surface area (Å²) in [6, 6.07) is 0. The highest BCUT2D eigenvalue weighted by Gasteiger charge is 2.24. The zero-order valence-corrected chi connectivity index (χ0v) is 6.60. The lowest BCUT2D eigenvalue weighted by Gasteiger charge is -2.24. The molecule has 11 heavy (non-hydrogen) atoms. The molecule has 0 aromatic heterocycles. The molecule has 0 fully saturated rings. The molecule has 0 amide bonds. The van der Waals surface area contributed by atoms with Crippen molar-refractivity contribution in [3.63, 3.8) is 0 Å². The third kappa shape index (κ3) is 7.67. The number of aliphatic hydroxyl groups excluding tert-OH is 1. The Balaban J connectivity index is 3.61. The highest BCUT2D eigenvalue weighted by molar-refractivity contribution is 6.58. The molecule has 1 unspecified atom stereocenters. The summed E-state index contributed by atoms with van der Waals surface area (Å²) in [5.41, 5.74) is 0. The Morgan fingerprint density at radius 1 is 1.45 bits per heavy atom. The zero-order chi connectivity index (χ0) is 9.07. The van der Waals surface area contributed by atoms with Crippen LogP contribution < -0.4 is 0 Å². The summed E-state index contributed by atoms with van der Waals surface area (Å²) < 4.78 is 35.1. The van der Waals surface area contributed by atoms with Gasteiger partial charge in [-0.05, 0) is 20.4 Å². The second kappa shape index (κ2) is 3.97. The quantitative estimate of drug-likeness (QED) is 0.627. The van der Waals surface area contributed by atoms with Gasteiger partial charge in [0, 0.05) is 6.54 Å². The lowest BCUT2D eigenvalue weighted by molar-refractivity contribution is 0.145. The molecule has 1 N–H and O–H groups in total. The highest BCUT2D eigenvalue weighted by atomic mass is 19.4. The second-order valence-corrected chi connectivity index (χ2v) is 2.78. The molecule has 1 atom stereocenters. The summed E-state index contributed by atoms with van der Waals surface area (Å²) in [5, 5.41) is 8.72. The van der Waals surface area contributed by atoms with E-state index in [4.69, 9.17) is 5.11 Å². The van der Waals surface area contributed by atoms with Crippen LogP contribution in [0.3, 0.4) is 0 Å². The van der Waals surface area contributed by atoms with Gasteiger partial charge in [-0.2, -0.15) is 0 Å². The van der Waals surface area contributed by atoms with Crippen LogP contribution in [0.15, 0.2) is 0 Å². The Kier molecular flexibility index (Phi) is 3.89. The number of hydrogen-bond acceptors (Lipinski definition) is 2. The number of likely N-dealkylation sites (N-methyl/N-ethyl adjacent to an activating group) is 1. The Bertz CT molecular complexity index is 117. The molecule has 6 heteroatoms. The van der Waals surface area contributed by atoms with Crippen LogP contribution in [0.4, 0.5) is 12.9 Å². The van der Waals surface area contributed by atoms with Crippen molar-refractivity contribution >= 4 is 6.98 Å². The van der Waals surface area contributed by atoms with E-state index in [9.17, 15) is 12.9 Å². The predicted octanol–water partition coefficient (Wildman–Crippen LogP) is 0.686. The molecule has 0 rings (SSSR count). The van der Waals surface area contributed by atoms with Crippen molar-refractivity contribution in [1.29, 1.82) is 0 Å². The summed E-state index contributed by atoms with van der Waals surface area (Å²) >= 11 is 0. The maximum Gasteiger partial charge on any atom is 0.492 e. The molecule has 0 bridgehead atoms. The Morgan fingerprint density at radius 2 is 1.91 bits per heavy atom. The number of rotatable bonds is 4. The number of aliphatic hydroxyl groups is 1. The molecule has 0 aromatic rings. The maximum atomic E-state index is 11.7. The van der Waals surface area contributed by atoms with Crippen molar-refractivity contribution in [1.82, 2.24) is 4.90 Å². The summed E-state index contributed by atoms with van der Waals surface area (Å²) in [6.07, 6.45) is -1.62. The maximum absolute atomic E-state index is 11.7. The van der Waals surface area contributed by atoms with Gasteiger partial charge in [-0.1, -0.05) is 0 Å². The van der Waals surface area contributed by atoms with Crippen molar-refractivity contribution in [3.05, 3.63) is 0 Å². The van der Waals surface area contributed by atoms with E-state index in [0.29, 0.717) is 0 Å². The number of nitrogens with zero attached hydrogens (tertiary/aromatic N) is 1. The van der Waals surface area contributed by atoms with E-state index >= 15 is 0 Å². The van der Waals surface area contributed by atoms with Crippen LogP contribution in [-0.2, 0) is 0 Å². The van der Waals surface area contributed by atoms with Crippen LogP contribution >= 0.6 is 0 Å². The topological polar surface area (TPSA) is 23.5 Å². The number of hydrogen-bond donors (Lipinski definition) is 1. The smallest absolute Gasteiger partial charge is 0.448 e. The average molecular weight is 170 g/mol. The summed E-state index contributed by atoms with van der Waals surface area (Å²) in [4.78, 5) is 1.06. The first kappa shape index (κ1) is 10.8. The van der Waals surface area contributed by atoms with Gasteiger partial charge >= 0.3 is 6.98 Å². The first-order valence-corrected chi connectivity index (χ1v) is 3.39. The van der Waals surface area contributed by atoms with Gasteiger partial charge in [0.1, 0.15) is 0 Å². The van der Waals surface area contributed by atoms with E-state index in [1.165, 1.54) is 14.0 Å². The Hall–Kier alpha value is -0.225. The van der Waals surface area contributed by atoms with Crippen LogP contribution in [-0.4, -0.2) is 43.1 Å². The first-order chi connectivity index (χ1) is 4.81. The molecule has 0 spiro atoms. The Morgan fingerprint density at radius 3 is 2.18 bits per heavy atom. The van der Waals surface area contributed by atoms with Gasteiger partial charge in [-0.25, -0.2) is 0 Å². The molecule has 0 saturated heterocycles. The largest absolute Gasteiger partial charge is 0.492 e. The van der Waals surface area contributed by atoms with Crippen molar-refractivity contribution in [2.45, 2.75) is 13.0 Å². The van der Waals surface area contributed by atoms with Crippen LogP contribution in [0.25, 0.3) is 0 Å². The Labute approximate surface area is 64.1 Å². The summed E-state index contributed by atoms with van der Waals surface area (Å²) in [7, 11) is 1.34. The van der Waals surface area contributed by atoms with E-state index in [1.54, 1.807) is 0 Å². The SMILES string of the molecule is CC(O)CN(C)C[B-](F)(F)F. The molecule has 0 aromatic carbocycles. The van der Waals surface area contributed by atoms with Gasteiger partial charge in [-0.3, -0.25) is 0 Å². The molecular weight excluding hydrogens is 158 g/mol. The van der Waals surface area contributed by atoms with E-state index in [0.717, 1.165) is 4.90 Å². The number of halogens is 3. The predicted molar refractivity (Wildman–Crippen MR) is 38.3 cm³/mol. The standard InChI is InChI=1S/C5H12BF3NO/c1-5(11)3-10(2)4-6(7,8)9/h5,11H,3-4H2,1-2H3/q-1. The molecule has 0 radical (unpaired) electrons. The van der Waals surface area contributed by atoms with Crippen LogP contribution in [0.1, 0.15) is 6.92 Å². The third-order valence-electron chi connectivity index (χ3n) is 1.09. The minimum Gasteiger partial charge on any atom is -0.448 e. The van der Waals surface area contributed by atoms with Gasteiger partial charge in [0.25, 0.3) is 0 Å². The summed E-state index contributed by atoms with van der Waals surface area (Å²) in [6.45, 7) is -3.24. The van der Waals surface area contributed by atoms with Gasteiger partial charge in [-0.15, -0.1) is 0 Å². The van der Waals surface area contributed by atoms with Crippen molar-refractivity contribution in [2.24, 2.45) is 0 Å². The van der Waals surface area contributed by atoms with E-state index in [-0.39, 0.29) is 6.54 Å². The van der Waals surface area contributed by atoms with Crippen LogP contribution in [0.2, 0.25) is 0 Å². The lowest BCUT2D eigenvalue weighted by Crippen LogP contribution is -2.38. The fourth-order valence-electron chi connectivity index (χ4n) is 0.879. The minimum atomic E-state index is -4.76. The van der Waals surface area contributed by atoms with Crippen molar-refractivity contribution in [2.75, 3.05) is 20.0 Å². The molecule has 0 aliphatic heterocycles. The van der Waals surface area contributed by atoms with E-state index in [2.05, 4.69) is 0 Å². The van der Waals surface area contributed by atoms with Crippen LogP contribution in [0.5, 0.6) is 0 Å². The van der Waals surface area contributed by atoms with E-state index in [1.807, 2.05) is 0 Å². The van der Waals surface area contributed by atoms with Gasteiger partial charge in [0.2, 0.25) is 0 Å². The van der Waals surface area contributed by atoms with E-state index < -0.39 is 19.5 Å². The second-order valence-electron chi connectivity index (χ2n) is 2.78. The molecule has 68 valence electrons. The van der Waals surface area contributed by atoms with Gasteiger partial charge in [0.05, 0.1) is 6.10 Å². The van der Waals surface area contributed by atoms with Crippen molar-refractivity contribution in [3.8, 4) is 0 Å². The van der Waals surface area contributed by atoms with Crippen LogP contribution in [0, 0.1) is 0 Å². The normalized spacial score (nSPS) is 15.5. The highest BCUT2D eigenvalue weighted by Crippen LogP contribution is 2.09. The molecule has 2 nitrogen and oxygen atoms in total. The van der Waals surface area contributed by atoms with Gasteiger partial charge in [0.15, 0.2) is 0 Å². The fourth-order valence-corrected chi connectivity index (χ4v) is 0.879.